The van der Waals surface area contributed by atoms with E-state index in [9.17, 15) is 4.79 Å². The lowest BCUT2D eigenvalue weighted by Crippen LogP contribution is -2.36. The lowest BCUT2D eigenvalue weighted by atomic mass is 9.88. The predicted octanol–water partition coefficient (Wildman–Crippen LogP) is 2.41. The molecular weight excluding hydrogens is 274 g/mol. The van der Waals surface area contributed by atoms with Crippen LogP contribution in [-0.4, -0.2) is 29.3 Å². The highest BCUT2D eigenvalue weighted by Gasteiger charge is 2.35. The molecule has 112 valence electrons. The molecule has 0 fully saturated rings. The van der Waals surface area contributed by atoms with Crippen molar-refractivity contribution < 1.29 is 4.79 Å². The zero-order chi connectivity index (χ0) is 15.1. The predicted molar refractivity (Wildman–Crippen MR) is 85.6 cm³/mol. The van der Waals surface area contributed by atoms with Crippen LogP contribution in [0.1, 0.15) is 33.2 Å². The van der Waals surface area contributed by atoms with Crippen LogP contribution in [0.3, 0.4) is 0 Å². The van der Waals surface area contributed by atoms with Crippen LogP contribution in [0, 0.1) is 0 Å². The van der Waals surface area contributed by atoms with E-state index in [0.717, 1.165) is 18.7 Å². The van der Waals surface area contributed by atoms with E-state index in [1.165, 1.54) is 16.7 Å². The van der Waals surface area contributed by atoms with E-state index >= 15 is 0 Å². The van der Waals surface area contributed by atoms with Crippen LogP contribution in [0.15, 0.2) is 48.3 Å². The van der Waals surface area contributed by atoms with Gasteiger partial charge in [0, 0.05) is 24.8 Å². The number of aromatic amines is 1. The summed E-state index contributed by atoms with van der Waals surface area (Å²) in [5, 5.41) is 3.31. The third kappa shape index (κ3) is 2.07. The van der Waals surface area contributed by atoms with Crippen molar-refractivity contribution in [2.24, 2.45) is 0 Å². The van der Waals surface area contributed by atoms with Gasteiger partial charge in [-0.05, 0) is 30.7 Å². The van der Waals surface area contributed by atoms with Gasteiger partial charge in [0.1, 0.15) is 0 Å². The van der Waals surface area contributed by atoms with Crippen LogP contribution in [-0.2, 0) is 13.0 Å². The van der Waals surface area contributed by atoms with Gasteiger partial charge in [0.25, 0.3) is 0 Å². The van der Waals surface area contributed by atoms with Crippen molar-refractivity contribution in [1.82, 2.24) is 15.2 Å². The summed E-state index contributed by atoms with van der Waals surface area (Å²) in [5.41, 5.74) is 5.08. The van der Waals surface area contributed by atoms with Crippen molar-refractivity contribution in [3.05, 3.63) is 70.7 Å². The molecule has 4 rings (SSSR count). The summed E-state index contributed by atoms with van der Waals surface area (Å²) in [6.45, 7) is 1.68. The Kier molecular flexibility index (Phi) is 3.12. The average molecular weight is 293 g/mol. The zero-order valence-electron chi connectivity index (χ0n) is 12.6. The fraction of sp³-hybridized carbons (Fsp3) is 0.278. The molecule has 2 N–H and O–H groups in total. The number of aromatic nitrogens is 1. The van der Waals surface area contributed by atoms with Crippen LogP contribution in [0.4, 0.5) is 0 Å². The molecule has 4 heteroatoms. The number of nitrogens with zero attached hydrogens (tertiary/aromatic N) is 1. The van der Waals surface area contributed by atoms with Crippen molar-refractivity contribution in [2.45, 2.75) is 19.0 Å². The van der Waals surface area contributed by atoms with Crippen LogP contribution in [0.5, 0.6) is 0 Å². The second-order valence-corrected chi connectivity index (χ2v) is 6.03. The minimum absolute atomic E-state index is 0.0729. The molecular formula is C18H19N3O. The third-order valence-electron chi connectivity index (χ3n) is 4.63. The third-order valence-corrected chi connectivity index (χ3v) is 4.63. The van der Waals surface area contributed by atoms with Gasteiger partial charge >= 0.3 is 0 Å². The fourth-order valence-electron chi connectivity index (χ4n) is 3.38. The summed E-state index contributed by atoms with van der Waals surface area (Å²) in [7, 11) is 2.12. The first-order chi connectivity index (χ1) is 10.7. The minimum Gasteiger partial charge on any atom is -0.378 e. The molecule has 1 aliphatic heterocycles. The van der Waals surface area contributed by atoms with Crippen LogP contribution >= 0.6 is 0 Å². The number of benzene rings is 1. The summed E-state index contributed by atoms with van der Waals surface area (Å²) in [4.78, 5) is 18.2. The Bertz CT molecular complexity index is 745. The summed E-state index contributed by atoms with van der Waals surface area (Å²) in [6, 6.07) is 10.3. The molecule has 2 aromatic rings. The van der Waals surface area contributed by atoms with Gasteiger partial charge in [-0.15, -0.1) is 0 Å². The first-order valence-electron chi connectivity index (χ1n) is 7.69. The smallest absolute Gasteiger partial charge is 0.225 e. The molecule has 1 aromatic carbocycles. The number of hydrogen-bond donors (Lipinski definition) is 2. The number of H-pyrrole nitrogens is 1. The van der Waals surface area contributed by atoms with E-state index in [-0.39, 0.29) is 11.8 Å². The van der Waals surface area contributed by atoms with Crippen molar-refractivity contribution >= 4 is 5.78 Å². The molecule has 0 saturated carbocycles. The Labute approximate surface area is 129 Å². The van der Waals surface area contributed by atoms with Gasteiger partial charge in [-0.3, -0.25) is 9.69 Å². The van der Waals surface area contributed by atoms with Crippen molar-refractivity contribution in [1.29, 1.82) is 0 Å². The number of carbonyl (C=O) groups excluding carboxylic acids is 1. The fourth-order valence-corrected chi connectivity index (χ4v) is 3.38. The average Bonchev–Trinajstić information content (AvgIpc) is 2.98. The van der Waals surface area contributed by atoms with Crippen LogP contribution in [0.25, 0.3) is 0 Å². The molecule has 0 saturated heterocycles. The zero-order valence-corrected chi connectivity index (χ0v) is 12.6. The molecule has 2 aliphatic rings. The number of hydrogen-bond acceptors (Lipinski definition) is 3. The Morgan fingerprint density at radius 2 is 2.14 bits per heavy atom. The van der Waals surface area contributed by atoms with E-state index in [2.05, 4.69) is 40.5 Å². The second-order valence-electron chi connectivity index (χ2n) is 6.03. The summed E-state index contributed by atoms with van der Waals surface area (Å²) in [5.74, 6) is 0.0729. The highest BCUT2D eigenvalue weighted by molar-refractivity contribution is 6.09. The van der Waals surface area contributed by atoms with Gasteiger partial charge in [0.05, 0.1) is 17.4 Å². The minimum atomic E-state index is 0.0729. The Hall–Kier alpha value is -2.33. The van der Waals surface area contributed by atoms with E-state index in [1.807, 2.05) is 24.4 Å². The Balaban J connectivity index is 1.62. The molecule has 1 atom stereocenters. The van der Waals surface area contributed by atoms with Gasteiger partial charge in [-0.25, -0.2) is 0 Å². The molecule has 0 spiro atoms. The van der Waals surface area contributed by atoms with Gasteiger partial charge in [-0.1, -0.05) is 30.3 Å². The SMILES string of the molecule is CN1CCc2c[nH]c3c2C1C=C(NCc1ccccc1)C3=O. The molecule has 1 aliphatic carbocycles. The second kappa shape index (κ2) is 5.14. The lowest BCUT2D eigenvalue weighted by Gasteiger charge is -2.34. The maximum Gasteiger partial charge on any atom is 0.225 e. The van der Waals surface area contributed by atoms with Gasteiger partial charge in [0.2, 0.25) is 5.78 Å². The number of nitrogens with one attached hydrogen (secondary N) is 2. The van der Waals surface area contributed by atoms with E-state index in [1.54, 1.807) is 0 Å². The maximum absolute atomic E-state index is 12.7. The number of carbonyl (C=O) groups is 1. The van der Waals surface area contributed by atoms with Crippen molar-refractivity contribution in [3.63, 3.8) is 0 Å². The number of rotatable bonds is 3. The standard InChI is InChI=1S/C18H19N3O/c1-21-8-7-13-11-20-17-16(13)15(21)9-14(18(17)22)19-10-12-5-3-2-4-6-12/h2-6,9,11,15,19-20H,7-8,10H2,1H3. The first kappa shape index (κ1) is 13.3. The molecule has 2 heterocycles. The van der Waals surface area contributed by atoms with Crippen LogP contribution in [0.2, 0.25) is 0 Å². The summed E-state index contributed by atoms with van der Waals surface area (Å²) < 4.78 is 0. The number of ketones is 1. The molecule has 0 radical (unpaired) electrons. The monoisotopic (exact) mass is 293 g/mol. The highest BCUT2D eigenvalue weighted by atomic mass is 16.1. The summed E-state index contributed by atoms with van der Waals surface area (Å²) >= 11 is 0. The number of Topliss-reactive ketones (excluding diaryl/α,β-unsaturated/α-hetero) is 1. The van der Waals surface area contributed by atoms with Crippen molar-refractivity contribution in [3.8, 4) is 0 Å². The Morgan fingerprint density at radius 3 is 2.95 bits per heavy atom. The quantitative estimate of drug-likeness (QED) is 0.913. The normalized spacial score (nSPS) is 20.5. The molecule has 0 bridgehead atoms. The first-order valence-corrected chi connectivity index (χ1v) is 7.69. The summed E-state index contributed by atoms with van der Waals surface area (Å²) in [6.07, 6.45) is 5.08. The van der Waals surface area contributed by atoms with E-state index in [0.29, 0.717) is 12.2 Å². The largest absolute Gasteiger partial charge is 0.378 e. The highest BCUT2D eigenvalue weighted by Crippen LogP contribution is 2.37. The van der Waals surface area contributed by atoms with Crippen LogP contribution < -0.4 is 5.32 Å². The molecule has 1 aromatic heterocycles. The van der Waals surface area contributed by atoms with E-state index < -0.39 is 0 Å². The number of allylic oxidation sites excluding steroid dienone is 1. The van der Waals surface area contributed by atoms with Crippen molar-refractivity contribution in [2.75, 3.05) is 13.6 Å². The van der Waals surface area contributed by atoms with Gasteiger partial charge < -0.3 is 10.3 Å². The molecule has 0 amide bonds. The van der Waals surface area contributed by atoms with Gasteiger partial charge in [0.15, 0.2) is 0 Å². The Morgan fingerprint density at radius 1 is 1.32 bits per heavy atom. The molecule has 22 heavy (non-hydrogen) atoms. The van der Waals surface area contributed by atoms with Gasteiger partial charge in [-0.2, -0.15) is 0 Å². The lowest BCUT2D eigenvalue weighted by molar-refractivity contribution is 0.101. The number of likely N-dealkylation sites (N-methyl/N-ethyl adjacent to an activating group) is 1. The maximum atomic E-state index is 12.7. The molecule has 4 nitrogen and oxygen atoms in total. The topological polar surface area (TPSA) is 48.1 Å². The molecule has 1 unspecified atom stereocenters. The van der Waals surface area contributed by atoms with E-state index in [4.69, 9.17) is 0 Å².